The lowest BCUT2D eigenvalue weighted by atomic mass is 9.79. The molecule has 0 N–H and O–H groups in total. The van der Waals surface area contributed by atoms with Crippen LogP contribution in [0.25, 0.3) is 0 Å². The van der Waals surface area contributed by atoms with Crippen LogP contribution in [-0.4, -0.2) is 0 Å². The Morgan fingerprint density at radius 1 is 1.50 bits per heavy atom. The van der Waals surface area contributed by atoms with Gasteiger partial charge in [-0.3, -0.25) is 0 Å². The van der Waals surface area contributed by atoms with Crippen molar-refractivity contribution in [3.63, 3.8) is 0 Å². The molecule has 0 radical (unpaired) electrons. The van der Waals surface area contributed by atoms with E-state index in [1.807, 2.05) is 0 Å². The zero-order chi connectivity index (χ0) is 7.61. The van der Waals surface area contributed by atoms with Crippen LogP contribution < -0.4 is 0 Å². The molecule has 0 saturated heterocycles. The van der Waals surface area contributed by atoms with Crippen molar-refractivity contribution >= 4 is 0 Å². The third kappa shape index (κ3) is 1.73. The summed E-state index contributed by atoms with van der Waals surface area (Å²) in [5.74, 6) is 0. The molecule has 0 amide bonds. The fraction of sp³-hybridized carbons (Fsp3) is 0.600. The van der Waals surface area contributed by atoms with Crippen molar-refractivity contribution in [2.24, 2.45) is 5.41 Å². The minimum absolute atomic E-state index is 0.497. The zero-order valence-electron chi connectivity index (χ0n) is 7.15. The topological polar surface area (TPSA) is 0 Å². The van der Waals surface area contributed by atoms with Crippen LogP contribution in [0.15, 0.2) is 23.8 Å². The normalized spacial score (nSPS) is 27.3. The van der Waals surface area contributed by atoms with Crippen molar-refractivity contribution in [1.29, 1.82) is 0 Å². The molecule has 0 heteroatoms. The molecule has 0 spiro atoms. The highest BCUT2D eigenvalue weighted by Gasteiger charge is 2.19. The van der Waals surface area contributed by atoms with Gasteiger partial charge in [-0.25, -0.2) is 0 Å². The minimum atomic E-state index is 0.497. The van der Waals surface area contributed by atoms with Crippen LogP contribution in [0.5, 0.6) is 0 Å². The van der Waals surface area contributed by atoms with Crippen LogP contribution in [0.2, 0.25) is 0 Å². The van der Waals surface area contributed by atoms with Gasteiger partial charge in [-0.05, 0) is 25.2 Å². The van der Waals surface area contributed by atoms with Gasteiger partial charge in [0.1, 0.15) is 0 Å². The first-order valence-electron chi connectivity index (χ1n) is 3.96. The number of allylic oxidation sites excluding steroid dienone is 4. The molecule has 0 aromatic carbocycles. The predicted octanol–water partition coefficient (Wildman–Crippen LogP) is 3.31. The molecule has 1 aliphatic carbocycles. The molecule has 0 atom stereocenters. The first kappa shape index (κ1) is 7.59. The summed E-state index contributed by atoms with van der Waals surface area (Å²) in [6, 6.07) is 0. The van der Waals surface area contributed by atoms with Gasteiger partial charge in [0.15, 0.2) is 0 Å². The second kappa shape index (κ2) is 2.61. The quantitative estimate of drug-likeness (QED) is 0.479. The van der Waals surface area contributed by atoms with Crippen LogP contribution in [0.1, 0.15) is 33.6 Å². The van der Waals surface area contributed by atoms with E-state index in [1.165, 1.54) is 18.4 Å². The molecule has 0 saturated carbocycles. The fourth-order valence-corrected chi connectivity index (χ4v) is 1.41. The lowest BCUT2D eigenvalue weighted by Gasteiger charge is -2.26. The highest BCUT2D eigenvalue weighted by atomic mass is 14.2. The second-order valence-corrected chi connectivity index (χ2v) is 3.81. The average Bonchev–Trinajstić information content (AvgIpc) is 1.86. The summed E-state index contributed by atoms with van der Waals surface area (Å²) < 4.78 is 0. The van der Waals surface area contributed by atoms with Crippen molar-refractivity contribution < 1.29 is 0 Å². The third-order valence-electron chi connectivity index (χ3n) is 2.06. The summed E-state index contributed by atoms with van der Waals surface area (Å²) in [6.07, 6.45) is 9.19. The Morgan fingerprint density at radius 3 is 2.60 bits per heavy atom. The Morgan fingerprint density at radius 2 is 2.20 bits per heavy atom. The monoisotopic (exact) mass is 136 g/mol. The highest BCUT2D eigenvalue weighted by molar-refractivity contribution is 5.23. The maximum absolute atomic E-state index is 2.32. The van der Waals surface area contributed by atoms with Crippen molar-refractivity contribution in [3.8, 4) is 0 Å². The average molecular weight is 136 g/mol. The predicted molar refractivity (Wildman–Crippen MR) is 45.9 cm³/mol. The molecule has 0 unspecified atom stereocenters. The molecule has 0 aliphatic heterocycles. The molecule has 1 rings (SSSR count). The van der Waals surface area contributed by atoms with Gasteiger partial charge in [0.25, 0.3) is 0 Å². The third-order valence-corrected chi connectivity index (χ3v) is 2.06. The molecular formula is C10H16. The molecule has 0 fully saturated rings. The van der Waals surface area contributed by atoms with Crippen LogP contribution >= 0.6 is 0 Å². The first-order valence-corrected chi connectivity index (χ1v) is 3.96. The number of hydrogen-bond acceptors (Lipinski definition) is 0. The standard InChI is InChI=1S/C10H16/c1-4-9-6-5-7-10(2,3)8-9/h4-6H,7-8H2,1-3H3/b9-4+. The highest BCUT2D eigenvalue weighted by Crippen LogP contribution is 2.33. The molecule has 0 heterocycles. The summed E-state index contributed by atoms with van der Waals surface area (Å²) in [7, 11) is 0. The Labute approximate surface area is 63.6 Å². The van der Waals surface area contributed by atoms with E-state index in [4.69, 9.17) is 0 Å². The molecule has 10 heavy (non-hydrogen) atoms. The Kier molecular flexibility index (Phi) is 1.98. The van der Waals surface area contributed by atoms with E-state index < -0.39 is 0 Å². The van der Waals surface area contributed by atoms with Gasteiger partial charge in [-0.2, -0.15) is 0 Å². The van der Waals surface area contributed by atoms with E-state index in [0.717, 1.165) is 0 Å². The number of hydrogen-bond donors (Lipinski definition) is 0. The molecule has 0 aromatic heterocycles. The second-order valence-electron chi connectivity index (χ2n) is 3.81. The molecule has 0 bridgehead atoms. The van der Waals surface area contributed by atoms with Crippen LogP contribution in [0.4, 0.5) is 0 Å². The van der Waals surface area contributed by atoms with E-state index in [2.05, 4.69) is 39.0 Å². The summed E-state index contributed by atoms with van der Waals surface area (Å²) in [4.78, 5) is 0. The van der Waals surface area contributed by atoms with Gasteiger partial charge in [0, 0.05) is 0 Å². The maximum Gasteiger partial charge on any atom is -0.0228 e. The summed E-state index contributed by atoms with van der Waals surface area (Å²) in [5, 5.41) is 0. The van der Waals surface area contributed by atoms with Gasteiger partial charge >= 0.3 is 0 Å². The van der Waals surface area contributed by atoms with Gasteiger partial charge < -0.3 is 0 Å². The Balaban J connectivity index is 2.73. The lowest BCUT2D eigenvalue weighted by Crippen LogP contribution is -2.13. The molecular weight excluding hydrogens is 120 g/mol. The van der Waals surface area contributed by atoms with Crippen LogP contribution in [0.3, 0.4) is 0 Å². The summed E-state index contributed by atoms with van der Waals surface area (Å²) >= 11 is 0. The van der Waals surface area contributed by atoms with Crippen molar-refractivity contribution in [2.45, 2.75) is 33.6 Å². The van der Waals surface area contributed by atoms with E-state index in [-0.39, 0.29) is 0 Å². The van der Waals surface area contributed by atoms with Crippen molar-refractivity contribution in [1.82, 2.24) is 0 Å². The minimum Gasteiger partial charge on any atom is -0.0844 e. The molecule has 1 aliphatic rings. The zero-order valence-corrected chi connectivity index (χ0v) is 7.15. The van der Waals surface area contributed by atoms with Gasteiger partial charge in [0.05, 0.1) is 0 Å². The molecule has 56 valence electrons. The van der Waals surface area contributed by atoms with E-state index >= 15 is 0 Å². The van der Waals surface area contributed by atoms with Gasteiger partial charge in [0.2, 0.25) is 0 Å². The lowest BCUT2D eigenvalue weighted by molar-refractivity contribution is 0.362. The van der Waals surface area contributed by atoms with Crippen molar-refractivity contribution in [3.05, 3.63) is 23.8 Å². The van der Waals surface area contributed by atoms with Gasteiger partial charge in [-0.1, -0.05) is 37.6 Å². The largest absolute Gasteiger partial charge is 0.0844 e. The SMILES string of the molecule is C/C=C1\C=CCC(C)(C)C1. The van der Waals surface area contributed by atoms with Crippen LogP contribution in [-0.2, 0) is 0 Å². The summed E-state index contributed by atoms with van der Waals surface area (Å²) in [6.45, 7) is 6.75. The smallest absolute Gasteiger partial charge is 0.0228 e. The van der Waals surface area contributed by atoms with E-state index in [9.17, 15) is 0 Å². The van der Waals surface area contributed by atoms with Crippen LogP contribution in [0, 0.1) is 5.41 Å². The summed E-state index contributed by atoms with van der Waals surface area (Å²) in [5.41, 5.74) is 1.98. The Bertz CT molecular complexity index is 170. The molecule has 0 aromatic rings. The van der Waals surface area contributed by atoms with E-state index in [0.29, 0.717) is 5.41 Å². The Hall–Kier alpha value is -0.520. The first-order chi connectivity index (χ1) is 4.64. The van der Waals surface area contributed by atoms with E-state index in [1.54, 1.807) is 0 Å². The fourth-order valence-electron chi connectivity index (χ4n) is 1.41. The van der Waals surface area contributed by atoms with Gasteiger partial charge in [-0.15, -0.1) is 0 Å². The molecule has 0 nitrogen and oxygen atoms in total. The number of rotatable bonds is 0. The maximum atomic E-state index is 2.32. The van der Waals surface area contributed by atoms with Crippen molar-refractivity contribution in [2.75, 3.05) is 0 Å².